The summed E-state index contributed by atoms with van der Waals surface area (Å²) in [7, 11) is 0. The minimum atomic E-state index is -0.981. The standard InChI is InChI=1S/C26H27N5O4/c1-17-29-16-22(24(32)28-11-7-18-4-2-5-20(14-18)26(34)35)23(30-17)19-8-12-31(13-9-19)25(33)21-6-3-10-27-15-21/h2-6,10,14-16,19H,7-9,11-13H2,1H3,(H,28,32)(H,34,35). The molecule has 0 spiro atoms. The van der Waals surface area contributed by atoms with Gasteiger partial charge in [0.25, 0.3) is 11.8 Å². The topological polar surface area (TPSA) is 125 Å². The number of hydrogen-bond acceptors (Lipinski definition) is 6. The van der Waals surface area contributed by atoms with Gasteiger partial charge in [-0.1, -0.05) is 12.1 Å². The van der Waals surface area contributed by atoms with Gasteiger partial charge in [-0.2, -0.15) is 0 Å². The van der Waals surface area contributed by atoms with Gasteiger partial charge in [0.15, 0.2) is 0 Å². The average molecular weight is 474 g/mol. The summed E-state index contributed by atoms with van der Waals surface area (Å²) in [5.41, 5.74) is 2.76. The lowest BCUT2D eigenvalue weighted by Gasteiger charge is -2.32. The molecule has 0 atom stereocenters. The fourth-order valence-electron chi connectivity index (χ4n) is 4.28. The van der Waals surface area contributed by atoms with Crippen molar-refractivity contribution in [1.82, 2.24) is 25.2 Å². The summed E-state index contributed by atoms with van der Waals surface area (Å²) < 4.78 is 0. The number of pyridine rings is 1. The van der Waals surface area contributed by atoms with Gasteiger partial charge in [-0.15, -0.1) is 0 Å². The number of benzene rings is 1. The van der Waals surface area contributed by atoms with Crippen LogP contribution in [0.5, 0.6) is 0 Å². The van der Waals surface area contributed by atoms with Crippen molar-refractivity contribution < 1.29 is 19.5 Å². The maximum atomic E-state index is 13.0. The van der Waals surface area contributed by atoms with Crippen molar-refractivity contribution in [3.63, 3.8) is 0 Å². The van der Waals surface area contributed by atoms with Crippen molar-refractivity contribution in [2.24, 2.45) is 0 Å². The largest absolute Gasteiger partial charge is 0.478 e. The molecule has 3 heterocycles. The molecular weight excluding hydrogens is 446 g/mol. The number of aromatic carboxylic acids is 1. The molecule has 2 amide bonds. The maximum absolute atomic E-state index is 13.0. The van der Waals surface area contributed by atoms with E-state index in [0.29, 0.717) is 61.5 Å². The molecule has 3 aromatic rings. The zero-order valence-corrected chi connectivity index (χ0v) is 19.5. The third-order valence-corrected chi connectivity index (χ3v) is 6.13. The Morgan fingerprint density at radius 3 is 2.57 bits per heavy atom. The highest BCUT2D eigenvalue weighted by molar-refractivity contribution is 5.95. The van der Waals surface area contributed by atoms with Crippen LogP contribution in [0.25, 0.3) is 0 Å². The summed E-state index contributed by atoms with van der Waals surface area (Å²) in [6.45, 7) is 3.29. The molecule has 9 heteroatoms. The van der Waals surface area contributed by atoms with Crippen LogP contribution < -0.4 is 5.32 Å². The highest BCUT2D eigenvalue weighted by atomic mass is 16.4. The Morgan fingerprint density at radius 2 is 1.86 bits per heavy atom. The van der Waals surface area contributed by atoms with E-state index in [2.05, 4.69) is 20.3 Å². The van der Waals surface area contributed by atoms with Gasteiger partial charge in [0.1, 0.15) is 5.82 Å². The van der Waals surface area contributed by atoms with Crippen LogP contribution in [0.3, 0.4) is 0 Å². The molecular formula is C26H27N5O4. The van der Waals surface area contributed by atoms with E-state index in [4.69, 9.17) is 5.11 Å². The molecule has 1 fully saturated rings. The molecule has 1 aromatic carbocycles. The van der Waals surface area contributed by atoms with Crippen LogP contribution in [-0.4, -0.2) is 62.4 Å². The van der Waals surface area contributed by atoms with Crippen molar-refractivity contribution in [2.45, 2.75) is 32.1 Å². The summed E-state index contributed by atoms with van der Waals surface area (Å²) in [4.78, 5) is 51.5. The second-order valence-electron chi connectivity index (χ2n) is 8.54. The molecule has 9 nitrogen and oxygen atoms in total. The van der Waals surface area contributed by atoms with Gasteiger partial charge in [0.2, 0.25) is 0 Å². The van der Waals surface area contributed by atoms with E-state index < -0.39 is 5.97 Å². The number of aryl methyl sites for hydroxylation is 1. The number of nitrogens with one attached hydrogen (secondary N) is 1. The van der Waals surface area contributed by atoms with E-state index >= 15 is 0 Å². The van der Waals surface area contributed by atoms with E-state index in [0.717, 1.165) is 5.56 Å². The number of carboxylic acids is 1. The number of amides is 2. The fourth-order valence-corrected chi connectivity index (χ4v) is 4.28. The van der Waals surface area contributed by atoms with Crippen molar-refractivity contribution >= 4 is 17.8 Å². The average Bonchev–Trinajstić information content (AvgIpc) is 2.89. The van der Waals surface area contributed by atoms with E-state index in [1.807, 2.05) is 11.0 Å². The molecule has 2 aromatic heterocycles. The van der Waals surface area contributed by atoms with E-state index in [9.17, 15) is 14.4 Å². The van der Waals surface area contributed by atoms with Crippen molar-refractivity contribution in [1.29, 1.82) is 0 Å². The summed E-state index contributed by atoms with van der Waals surface area (Å²) in [6.07, 6.45) is 6.67. The Kier molecular flexibility index (Phi) is 7.45. The van der Waals surface area contributed by atoms with Crippen LogP contribution in [0.2, 0.25) is 0 Å². The Hall–Kier alpha value is -4.14. The second-order valence-corrected chi connectivity index (χ2v) is 8.54. The summed E-state index contributed by atoms with van der Waals surface area (Å²) in [6, 6.07) is 10.2. The molecule has 0 bridgehead atoms. The molecule has 0 aliphatic carbocycles. The Bertz CT molecular complexity index is 1220. The van der Waals surface area contributed by atoms with E-state index in [1.54, 1.807) is 49.8 Å². The minimum absolute atomic E-state index is 0.0413. The first kappa shape index (κ1) is 24.0. The van der Waals surface area contributed by atoms with Gasteiger partial charge in [0, 0.05) is 44.1 Å². The highest BCUT2D eigenvalue weighted by Gasteiger charge is 2.28. The lowest BCUT2D eigenvalue weighted by molar-refractivity contribution is 0.0692. The number of aromatic nitrogens is 3. The van der Waals surface area contributed by atoms with Crippen molar-refractivity contribution in [2.75, 3.05) is 19.6 Å². The van der Waals surface area contributed by atoms with Gasteiger partial charge in [-0.05, 0) is 56.0 Å². The zero-order valence-electron chi connectivity index (χ0n) is 19.5. The smallest absolute Gasteiger partial charge is 0.335 e. The molecule has 35 heavy (non-hydrogen) atoms. The van der Waals surface area contributed by atoms with E-state index in [-0.39, 0.29) is 23.3 Å². The summed E-state index contributed by atoms with van der Waals surface area (Å²) in [5, 5.41) is 12.1. The number of carbonyl (C=O) groups is 3. The first-order chi connectivity index (χ1) is 16.9. The lowest BCUT2D eigenvalue weighted by Crippen LogP contribution is -2.38. The number of carbonyl (C=O) groups excluding carboxylic acids is 2. The van der Waals surface area contributed by atoms with Crippen LogP contribution in [0.15, 0.2) is 55.0 Å². The number of piperidine rings is 1. The Morgan fingerprint density at radius 1 is 1.09 bits per heavy atom. The third kappa shape index (κ3) is 5.87. The van der Waals surface area contributed by atoms with Crippen molar-refractivity contribution in [3.05, 3.63) is 88.8 Å². The normalized spacial score (nSPS) is 13.9. The number of hydrogen-bond donors (Lipinski definition) is 2. The number of nitrogens with zero attached hydrogens (tertiary/aromatic N) is 4. The highest BCUT2D eigenvalue weighted by Crippen LogP contribution is 2.29. The van der Waals surface area contributed by atoms with E-state index in [1.165, 1.54) is 6.07 Å². The molecule has 1 aliphatic rings. The molecule has 4 rings (SSSR count). The van der Waals surface area contributed by atoms with Crippen LogP contribution in [0, 0.1) is 6.92 Å². The predicted molar refractivity (Wildman–Crippen MR) is 128 cm³/mol. The number of rotatable bonds is 7. The molecule has 0 saturated carbocycles. The molecule has 180 valence electrons. The lowest BCUT2D eigenvalue weighted by atomic mass is 9.90. The molecule has 0 radical (unpaired) electrons. The fraction of sp³-hybridized carbons (Fsp3) is 0.308. The second kappa shape index (κ2) is 10.9. The van der Waals surface area contributed by atoms with Gasteiger partial charge < -0.3 is 15.3 Å². The Labute approximate surface area is 203 Å². The monoisotopic (exact) mass is 473 g/mol. The van der Waals surface area contributed by atoms with Crippen LogP contribution in [0.4, 0.5) is 0 Å². The SMILES string of the molecule is Cc1ncc(C(=O)NCCc2cccc(C(=O)O)c2)c(C2CCN(C(=O)c3cccnc3)CC2)n1. The van der Waals surface area contributed by atoms with Gasteiger partial charge >= 0.3 is 5.97 Å². The first-order valence-electron chi connectivity index (χ1n) is 11.6. The maximum Gasteiger partial charge on any atom is 0.335 e. The predicted octanol–water partition coefficient (Wildman–Crippen LogP) is 2.87. The molecule has 2 N–H and O–H groups in total. The van der Waals surface area contributed by atoms with Crippen molar-refractivity contribution in [3.8, 4) is 0 Å². The van der Waals surface area contributed by atoms with Crippen LogP contribution in [0.1, 0.15) is 66.9 Å². The summed E-state index contributed by atoms with van der Waals surface area (Å²) in [5.74, 6) is -0.646. The van der Waals surface area contributed by atoms with Crippen LogP contribution in [-0.2, 0) is 6.42 Å². The molecule has 1 saturated heterocycles. The Balaban J connectivity index is 1.39. The molecule has 0 unspecified atom stereocenters. The minimum Gasteiger partial charge on any atom is -0.478 e. The first-order valence-corrected chi connectivity index (χ1v) is 11.6. The molecule has 1 aliphatic heterocycles. The zero-order chi connectivity index (χ0) is 24.8. The van der Waals surface area contributed by atoms with Gasteiger partial charge in [-0.25, -0.2) is 14.8 Å². The quantitative estimate of drug-likeness (QED) is 0.540. The van der Waals surface area contributed by atoms with Gasteiger partial charge in [-0.3, -0.25) is 14.6 Å². The third-order valence-electron chi connectivity index (χ3n) is 6.13. The van der Waals surface area contributed by atoms with Crippen LogP contribution >= 0.6 is 0 Å². The van der Waals surface area contributed by atoms with Gasteiger partial charge in [0.05, 0.1) is 22.4 Å². The summed E-state index contributed by atoms with van der Waals surface area (Å²) >= 11 is 0. The number of carboxylic acid groups (broad SMARTS) is 1. The number of likely N-dealkylation sites (tertiary alicyclic amines) is 1.